The monoisotopic (exact) mass is 327 g/mol. The molecule has 0 unspecified atom stereocenters. The van der Waals surface area contributed by atoms with Crippen molar-refractivity contribution >= 4 is 24.3 Å². The molecule has 2 rings (SSSR count). The first kappa shape index (κ1) is 17.2. The smallest absolute Gasteiger partial charge is 0.275 e. The predicted octanol–water partition coefficient (Wildman–Crippen LogP) is 4.02. The van der Waals surface area contributed by atoms with Crippen LogP contribution in [0.2, 0.25) is 0 Å². The van der Waals surface area contributed by atoms with Gasteiger partial charge in [0, 0.05) is 5.56 Å². The minimum atomic E-state index is -4.74. The van der Waals surface area contributed by atoms with E-state index in [2.05, 4.69) is 6.58 Å². The van der Waals surface area contributed by atoms with Crippen LogP contribution in [-0.4, -0.2) is 7.28 Å². The molecule has 2 aromatic rings. The Balaban J connectivity index is 2.46. The molecule has 0 fully saturated rings. The zero-order valence-electron chi connectivity index (χ0n) is 11.7. The maximum absolute atomic E-state index is 13.0. The third-order valence-corrected chi connectivity index (χ3v) is 3.18. The molecule has 0 atom stereocenters. The molecule has 2 aromatic carbocycles. The van der Waals surface area contributed by atoms with Crippen molar-refractivity contribution in [1.29, 1.82) is 0 Å². The van der Waals surface area contributed by atoms with Crippen LogP contribution in [0.5, 0.6) is 0 Å². The second-order valence-corrected chi connectivity index (χ2v) is 4.81. The molecule has 0 heterocycles. The Labute approximate surface area is 129 Å². The van der Waals surface area contributed by atoms with Crippen molar-refractivity contribution in [2.45, 2.75) is 12.4 Å². The summed E-state index contributed by atoms with van der Waals surface area (Å²) in [5.41, 5.74) is -1.65. The first-order valence-electron chi connectivity index (χ1n) is 6.47. The van der Waals surface area contributed by atoms with Crippen LogP contribution in [0.3, 0.4) is 0 Å². The molecule has 120 valence electrons. The number of hydrogen-bond acceptors (Lipinski definition) is 0. The van der Waals surface area contributed by atoms with Crippen LogP contribution < -0.4 is 10.9 Å². The number of benzene rings is 2. The molecule has 0 aliphatic rings. The summed E-state index contributed by atoms with van der Waals surface area (Å²) in [5.74, 6) is 0. The summed E-state index contributed by atoms with van der Waals surface area (Å²) < 4.78 is 77.1. The van der Waals surface area contributed by atoms with Gasteiger partial charge in [0.15, 0.2) is 0 Å². The van der Waals surface area contributed by atoms with Gasteiger partial charge in [-0.1, -0.05) is 36.9 Å². The van der Waals surface area contributed by atoms with E-state index in [0.717, 1.165) is 12.8 Å². The molecular weight excluding hydrogens is 317 g/mol. The molecule has 0 N–H and O–H groups in total. The molecular formula is C16H10BF6-. The average Bonchev–Trinajstić information content (AvgIpc) is 2.46. The number of rotatable bonds is 3. The topological polar surface area (TPSA) is 0 Å². The third-order valence-electron chi connectivity index (χ3n) is 3.18. The van der Waals surface area contributed by atoms with Gasteiger partial charge in [-0.2, -0.15) is 26.3 Å². The van der Waals surface area contributed by atoms with Crippen LogP contribution in [0.25, 0.3) is 6.08 Å². The van der Waals surface area contributed by atoms with Crippen molar-refractivity contribution < 1.29 is 26.3 Å². The summed E-state index contributed by atoms with van der Waals surface area (Å²) >= 11 is 0. The Morgan fingerprint density at radius 1 is 0.826 bits per heavy atom. The van der Waals surface area contributed by atoms with E-state index in [4.69, 9.17) is 0 Å². The lowest BCUT2D eigenvalue weighted by molar-refractivity contribution is -0.140. The first-order valence-corrected chi connectivity index (χ1v) is 6.47. The SMILES string of the molecule is C=Cc1ccc([B-]c2cc(C(F)(F)F)ccc2C(F)(F)F)cc1. The molecule has 0 aliphatic carbocycles. The van der Waals surface area contributed by atoms with Gasteiger partial charge in [0.05, 0.1) is 5.56 Å². The van der Waals surface area contributed by atoms with E-state index in [1.807, 2.05) is 0 Å². The lowest BCUT2D eigenvalue weighted by Gasteiger charge is -2.25. The molecule has 0 amide bonds. The molecule has 0 saturated heterocycles. The highest BCUT2D eigenvalue weighted by atomic mass is 19.4. The van der Waals surface area contributed by atoms with E-state index >= 15 is 0 Å². The van der Waals surface area contributed by atoms with Crippen molar-refractivity contribution in [3.63, 3.8) is 0 Å². The van der Waals surface area contributed by atoms with E-state index in [-0.39, 0.29) is 0 Å². The van der Waals surface area contributed by atoms with Crippen molar-refractivity contribution in [2.24, 2.45) is 0 Å². The molecule has 0 saturated carbocycles. The second kappa shape index (κ2) is 6.14. The minimum Gasteiger partial charge on any atom is -0.275 e. The van der Waals surface area contributed by atoms with Gasteiger partial charge in [-0.15, -0.1) is 12.1 Å². The van der Waals surface area contributed by atoms with Crippen molar-refractivity contribution in [3.8, 4) is 0 Å². The molecule has 0 spiro atoms. The molecule has 2 radical (unpaired) electrons. The Hall–Kier alpha value is -2.18. The summed E-state index contributed by atoms with van der Waals surface area (Å²) in [7, 11) is 1.07. The number of alkyl halides is 6. The lowest BCUT2D eigenvalue weighted by Crippen LogP contribution is -2.34. The summed E-state index contributed by atoms with van der Waals surface area (Å²) in [6.07, 6.45) is -7.90. The highest BCUT2D eigenvalue weighted by Gasteiger charge is 2.34. The van der Waals surface area contributed by atoms with Gasteiger partial charge in [0.1, 0.15) is 0 Å². The van der Waals surface area contributed by atoms with E-state index in [0.29, 0.717) is 23.7 Å². The molecule has 0 aliphatic heterocycles. The predicted molar refractivity (Wildman–Crippen MR) is 78.0 cm³/mol. The molecule has 7 heteroatoms. The molecule has 23 heavy (non-hydrogen) atoms. The van der Waals surface area contributed by atoms with Gasteiger partial charge < -0.3 is 0 Å². The fourth-order valence-electron chi connectivity index (χ4n) is 2.02. The Morgan fingerprint density at radius 2 is 1.43 bits per heavy atom. The van der Waals surface area contributed by atoms with Crippen molar-refractivity contribution in [1.82, 2.24) is 0 Å². The van der Waals surface area contributed by atoms with E-state index in [9.17, 15) is 26.3 Å². The zero-order valence-corrected chi connectivity index (χ0v) is 11.7. The van der Waals surface area contributed by atoms with Gasteiger partial charge in [-0.3, -0.25) is 18.2 Å². The maximum atomic E-state index is 13.0. The summed E-state index contributed by atoms with van der Waals surface area (Å²) in [4.78, 5) is 0. The van der Waals surface area contributed by atoms with Crippen molar-refractivity contribution in [2.75, 3.05) is 0 Å². The minimum absolute atomic E-state index is 0.362. The van der Waals surface area contributed by atoms with Crippen LogP contribution in [0.4, 0.5) is 26.3 Å². The summed E-state index contributed by atoms with van der Waals surface area (Å²) in [5, 5.41) is 0. The summed E-state index contributed by atoms with van der Waals surface area (Å²) in [6, 6.07) is 7.63. The van der Waals surface area contributed by atoms with Gasteiger partial charge >= 0.3 is 12.4 Å². The van der Waals surface area contributed by atoms with Gasteiger partial charge in [-0.25, -0.2) is 0 Å². The van der Waals surface area contributed by atoms with Crippen molar-refractivity contribution in [3.05, 3.63) is 65.7 Å². The Bertz CT molecular complexity index is 698. The standard InChI is InChI=1S/C16H10BF6/c1-2-10-3-6-12(7-4-10)17-14-9-11(15(18,19)20)5-8-13(14)16(21,22)23/h2-9H,1H2/q-1. The van der Waals surface area contributed by atoms with Gasteiger partial charge in [0.25, 0.3) is 0 Å². The maximum Gasteiger partial charge on any atom is 0.416 e. The van der Waals surface area contributed by atoms with E-state index in [1.165, 1.54) is 12.1 Å². The van der Waals surface area contributed by atoms with Crippen LogP contribution in [0.15, 0.2) is 49.0 Å². The van der Waals surface area contributed by atoms with Crippen LogP contribution in [0, 0.1) is 0 Å². The Kier molecular flexibility index (Phi) is 4.59. The number of hydrogen-bond donors (Lipinski definition) is 0. The molecule has 0 bridgehead atoms. The lowest BCUT2D eigenvalue weighted by atomic mass is 9.62. The van der Waals surface area contributed by atoms with Crippen LogP contribution in [-0.2, 0) is 12.4 Å². The fourth-order valence-corrected chi connectivity index (χ4v) is 2.02. The van der Waals surface area contributed by atoms with E-state index in [1.54, 1.807) is 18.2 Å². The Morgan fingerprint density at radius 3 is 1.91 bits per heavy atom. The quantitative estimate of drug-likeness (QED) is 0.590. The van der Waals surface area contributed by atoms with Crippen LogP contribution >= 0.6 is 0 Å². The van der Waals surface area contributed by atoms with Crippen LogP contribution in [0.1, 0.15) is 16.7 Å². The highest BCUT2D eigenvalue weighted by molar-refractivity contribution is 6.67. The van der Waals surface area contributed by atoms with E-state index < -0.39 is 28.9 Å². The fraction of sp³-hybridized carbons (Fsp3) is 0.125. The summed E-state index contributed by atoms with van der Waals surface area (Å²) in [6.45, 7) is 3.55. The molecule has 0 nitrogen and oxygen atoms in total. The largest absolute Gasteiger partial charge is 0.416 e. The average molecular weight is 327 g/mol. The number of halogens is 6. The zero-order chi connectivity index (χ0) is 17.3. The highest BCUT2D eigenvalue weighted by Crippen LogP contribution is 2.32. The molecule has 0 aromatic heterocycles. The third kappa shape index (κ3) is 4.18. The van der Waals surface area contributed by atoms with Gasteiger partial charge in [-0.05, 0) is 11.6 Å². The first-order chi connectivity index (χ1) is 10.6. The van der Waals surface area contributed by atoms with Gasteiger partial charge in [0.2, 0.25) is 0 Å². The second-order valence-electron chi connectivity index (χ2n) is 4.81. The normalized spacial score (nSPS) is 12.3.